The minimum atomic E-state index is -0.358. The number of benzene rings is 1. The number of ether oxygens (including phenoxy) is 1. The first-order valence-corrected chi connectivity index (χ1v) is 15.3. The fourth-order valence-corrected chi connectivity index (χ4v) is 7.27. The molecule has 37 heavy (non-hydrogen) atoms. The number of carbonyl (C=O) groups is 3. The number of hydrogen-bond donors (Lipinski definition) is 2. The van der Waals surface area contributed by atoms with Crippen molar-refractivity contribution in [1.29, 1.82) is 0 Å². The van der Waals surface area contributed by atoms with Crippen LogP contribution in [0.3, 0.4) is 0 Å². The number of nitrogens with one attached hydrogen (secondary N) is 2. The van der Waals surface area contributed by atoms with E-state index in [1.807, 2.05) is 42.6 Å². The van der Waals surface area contributed by atoms with Crippen molar-refractivity contribution >= 4 is 62.9 Å². The molecular formula is C28H32N2O4S3. The van der Waals surface area contributed by atoms with Gasteiger partial charge in [-0.25, -0.2) is 4.79 Å². The van der Waals surface area contributed by atoms with E-state index in [1.54, 1.807) is 13.0 Å². The first-order chi connectivity index (χ1) is 18.0. The Morgan fingerprint density at radius 2 is 1.84 bits per heavy atom. The molecule has 0 fully saturated rings. The number of esters is 1. The van der Waals surface area contributed by atoms with E-state index in [1.165, 1.54) is 45.7 Å². The topological polar surface area (TPSA) is 84.5 Å². The fourth-order valence-electron chi connectivity index (χ4n) is 4.35. The van der Waals surface area contributed by atoms with Gasteiger partial charge in [0, 0.05) is 15.5 Å². The minimum Gasteiger partial charge on any atom is -0.462 e. The van der Waals surface area contributed by atoms with Crippen molar-refractivity contribution in [3.8, 4) is 0 Å². The Morgan fingerprint density at radius 1 is 1.03 bits per heavy atom. The van der Waals surface area contributed by atoms with Gasteiger partial charge in [0.05, 0.1) is 22.3 Å². The maximum Gasteiger partial charge on any atom is 0.341 e. The lowest BCUT2D eigenvalue weighted by Gasteiger charge is -2.16. The van der Waals surface area contributed by atoms with Gasteiger partial charge in [0.25, 0.3) is 5.91 Å². The highest BCUT2D eigenvalue weighted by molar-refractivity contribution is 8.00. The Hall–Kier alpha value is -2.62. The highest BCUT2D eigenvalue weighted by Crippen LogP contribution is 2.38. The van der Waals surface area contributed by atoms with Crippen molar-refractivity contribution in [2.24, 2.45) is 0 Å². The van der Waals surface area contributed by atoms with E-state index in [0.29, 0.717) is 34.2 Å². The first-order valence-electron chi connectivity index (χ1n) is 12.7. The summed E-state index contributed by atoms with van der Waals surface area (Å²) in [5.41, 5.74) is 2.27. The molecule has 1 atom stereocenters. The minimum absolute atomic E-state index is 0.139. The summed E-state index contributed by atoms with van der Waals surface area (Å²) in [6.07, 6.45) is 6.86. The van der Waals surface area contributed by atoms with Crippen LogP contribution in [0.5, 0.6) is 0 Å². The number of carbonyl (C=O) groups excluding carboxylic acids is 3. The summed E-state index contributed by atoms with van der Waals surface area (Å²) >= 11 is 4.36. The van der Waals surface area contributed by atoms with Gasteiger partial charge in [0.2, 0.25) is 5.91 Å². The molecule has 0 saturated carbocycles. The van der Waals surface area contributed by atoms with Crippen molar-refractivity contribution in [3.63, 3.8) is 0 Å². The largest absolute Gasteiger partial charge is 0.462 e. The van der Waals surface area contributed by atoms with Gasteiger partial charge in [-0.1, -0.05) is 31.9 Å². The zero-order chi connectivity index (χ0) is 26.2. The third-order valence-electron chi connectivity index (χ3n) is 6.17. The summed E-state index contributed by atoms with van der Waals surface area (Å²) in [5.74, 6) is -0.646. The van der Waals surface area contributed by atoms with Crippen molar-refractivity contribution in [2.45, 2.75) is 68.9 Å². The maximum atomic E-state index is 13.4. The van der Waals surface area contributed by atoms with Crippen molar-refractivity contribution in [1.82, 2.24) is 0 Å². The number of fused-ring (bicyclic) bond motifs is 1. The highest BCUT2D eigenvalue weighted by atomic mass is 32.2. The second kappa shape index (κ2) is 13.3. The molecule has 4 rings (SSSR count). The lowest BCUT2D eigenvalue weighted by atomic mass is 9.96. The van der Waals surface area contributed by atoms with Crippen LogP contribution >= 0.6 is 34.4 Å². The number of hydrogen-bond acceptors (Lipinski definition) is 7. The summed E-state index contributed by atoms with van der Waals surface area (Å²) < 4.78 is 5.38. The molecule has 0 bridgehead atoms. The lowest BCUT2D eigenvalue weighted by Crippen LogP contribution is -2.25. The molecule has 0 radical (unpaired) electrons. The zero-order valence-corrected chi connectivity index (χ0v) is 23.6. The molecule has 0 aliphatic heterocycles. The summed E-state index contributed by atoms with van der Waals surface area (Å²) in [4.78, 5) is 41.5. The first kappa shape index (κ1) is 27.4. The van der Waals surface area contributed by atoms with Crippen LogP contribution in [0.4, 0.5) is 10.7 Å². The van der Waals surface area contributed by atoms with Gasteiger partial charge in [0.15, 0.2) is 0 Å². The number of thiophene rings is 2. The number of amides is 2. The van der Waals surface area contributed by atoms with E-state index in [9.17, 15) is 14.4 Å². The van der Waals surface area contributed by atoms with Crippen molar-refractivity contribution in [3.05, 3.63) is 62.7 Å². The molecule has 2 N–H and O–H groups in total. The van der Waals surface area contributed by atoms with E-state index in [2.05, 4.69) is 10.6 Å². The normalized spacial score (nSPS) is 14.1. The van der Waals surface area contributed by atoms with E-state index in [-0.39, 0.29) is 23.0 Å². The van der Waals surface area contributed by atoms with Crippen LogP contribution < -0.4 is 10.6 Å². The Kier molecular flexibility index (Phi) is 9.82. The lowest BCUT2D eigenvalue weighted by molar-refractivity contribution is -0.115. The Balaban J connectivity index is 1.50. The van der Waals surface area contributed by atoms with Crippen LogP contribution in [0.15, 0.2) is 46.7 Å². The average Bonchev–Trinajstić information content (AvgIpc) is 3.51. The maximum absolute atomic E-state index is 13.4. The summed E-state index contributed by atoms with van der Waals surface area (Å²) in [6.45, 7) is 4.07. The Bertz CT molecular complexity index is 1240. The molecule has 0 saturated heterocycles. The van der Waals surface area contributed by atoms with Gasteiger partial charge < -0.3 is 15.4 Å². The molecule has 1 unspecified atom stereocenters. The highest BCUT2D eigenvalue weighted by Gasteiger charge is 2.28. The molecule has 2 aromatic heterocycles. The number of rotatable bonds is 9. The molecule has 1 aliphatic rings. The molecule has 1 aliphatic carbocycles. The number of thioether (sulfide) groups is 1. The fraction of sp³-hybridized carbons (Fsp3) is 0.393. The van der Waals surface area contributed by atoms with E-state index in [4.69, 9.17) is 4.74 Å². The molecular weight excluding hydrogens is 525 g/mol. The van der Waals surface area contributed by atoms with Crippen LogP contribution in [0.25, 0.3) is 0 Å². The molecule has 196 valence electrons. The molecule has 6 nitrogen and oxygen atoms in total. The van der Waals surface area contributed by atoms with Crippen LogP contribution in [0.1, 0.15) is 76.4 Å². The van der Waals surface area contributed by atoms with Gasteiger partial charge in [-0.15, -0.1) is 34.4 Å². The quantitative estimate of drug-likeness (QED) is 0.212. The number of aryl methyl sites for hydroxylation is 1. The van der Waals surface area contributed by atoms with E-state index in [0.717, 1.165) is 42.6 Å². The van der Waals surface area contributed by atoms with E-state index < -0.39 is 0 Å². The summed E-state index contributed by atoms with van der Waals surface area (Å²) in [5, 5.41) is 8.11. The van der Waals surface area contributed by atoms with Crippen molar-refractivity contribution in [2.75, 3.05) is 17.2 Å². The van der Waals surface area contributed by atoms with Crippen molar-refractivity contribution < 1.29 is 19.1 Å². The summed E-state index contributed by atoms with van der Waals surface area (Å²) in [6, 6.07) is 11.2. The second-order valence-electron chi connectivity index (χ2n) is 8.81. The Morgan fingerprint density at radius 3 is 2.57 bits per heavy atom. The monoisotopic (exact) mass is 556 g/mol. The van der Waals surface area contributed by atoms with Gasteiger partial charge in [-0.3, -0.25) is 9.59 Å². The van der Waals surface area contributed by atoms with Gasteiger partial charge in [0.1, 0.15) is 5.00 Å². The van der Waals surface area contributed by atoms with Crippen LogP contribution in [0, 0.1) is 0 Å². The molecule has 0 spiro atoms. The molecule has 1 aromatic carbocycles. The van der Waals surface area contributed by atoms with Crippen LogP contribution in [-0.4, -0.2) is 29.6 Å². The molecule has 3 aromatic rings. The molecule has 2 amide bonds. The predicted molar refractivity (Wildman–Crippen MR) is 153 cm³/mol. The van der Waals surface area contributed by atoms with Crippen LogP contribution in [0.2, 0.25) is 0 Å². The third-order valence-corrected chi connectivity index (χ3v) is 9.60. The smallest absolute Gasteiger partial charge is 0.341 e. The number of anilines is 2. The second-order valence-corrected chi connectivity index (χ2v) is 12.1. The van der Waals surface area contributed by atoms with Gasteiger partial charge in [-0.05, 0) is 74.2 Å². The van der Waals surface area contributed by atoms with Crippen LogP contribution in [-0.2, 0) is 22.4 Å². The Labute approximate surface area is 230 Å². The third kappa shape index (κ3) is 7.03. The van der Waals surface area contributed by atoms with E-state index >= 15 is 0 Å². The zero-order valence-electron chi connectivity index (χ0n) is 21.1. The molecule has 9 heteroatoms. The summed E-state index contributed by atoms with van der Waals surface area (Å²) in [7, 11) is 0. The predicted octanol–water partition coefficient (Wildman–Crippen LogP) is 7.41. The SMILES string of the molecule is CCOC(=O)c1c(NC(=O)C(CC)Sc2cccc(NC(=O)c3cccs3)c2)sc2c1CCCCCC2. The molecule has 2 heterocycles. The van der Waals surface area contributed by atoms with Gasteiger partial charge in [-0.2, -0.15) is 0 Å². The van der Waals surface area contributed by atoms with Gasteiger partial charge >= 0.3 is 5.97 Å². The standard InChI is InChI=1S/C28H32N2O4S3/c1-3-21(36-19-12-9-11-18(17-19)29-26(32)23-15-10-16-35-23)25(31)30-27-24(28(33)34-4-2)20-13-7-5-6-8-14-22(20)37-27/h9-12,15-17,21H,3-8,13-14H2,1-2H3,(H,29,32)(H,30,31). The average molecular weight is 557 g/mol.